The average Bonchev–Trinajstić information content (AvgIpc) is 2.48. The summed E-state index contributed by atoms with van der Waals surface area (Å²) in [6.45, 7) is 0.923. The Hall–Kier alpha value is -1.38. The summed E-state index contributed by atoms with van der Waals surface area (Å²) in [6.07, 6.45) is 0.977. The van der Waals surface area contributed by atoms with Crippen LogP contribution < -0.4 is 15.2 Å². The zero-order valence-corrected chi connectivity index (χ0v) is 13.3. The first kappa shape index (κ1) is 16.0. The van der Waals surface area contributed by atoms with Crippen LogP contribution in [0.3, 0.4) is 0 Å². The van der Waals surface area contributed by atoms with Gasteiger partial charge in [-0.25, -0.2) is 8.42 Å². The Labute approximate surface area is 129 Å². The van der Waals surface area contributed by atoms with Crippen molar-refractivity contribution >= 4 is 32.9 Å². The lowest BCUT2D eigenvalue weighted by atomic mass is 10.2. The summed E-state index contributed by atoms with van der Waals surface area (Å²) in [6, 6.07) is 4.88. The molecule has 0 aromatic heterocycles. The number of sulfonamides is 1. The molecular formula is C13H18N2O4S2. The van der Waals surface area contributed by atoms with Crippen LogP contribution in [0, 0.1) is 0 Å². The summed E-state index contributed by atoms with van der Waals surface area (Å²) in [5, 5.41) is -0.453. The Morgan fingerprint density at radius 1 is 1.43 bits per heavy atom. The van der Waals surface area contributed by atoms with Gasteiger partial charge in [0.1, 0.15) is 10.7 Å². The fraction of sp³-hybridized carbons (Fsp3) is 0.462. The van der Waals surface area contributed by atoms with Crippen LogP contribution in [0.15, 0.2) is 18.2 Å². The van der Waals surface area contributed by atoms with E-state index >= 15 is 0 Å². The highest BCUT2D eigenvalue weighted by atomic mass is 32.2. The first-order chi connectivity index (χ1) is 9.94. The van der Waals surface area contributed by atoms with Crippen LogP contribution in [0.5, 0.6) is 5.75 Å². The number of hydrogen-bond donors (Lipinski definition) is 2. The predicted octanol–water partition coefficient (Wildman–Crippen LogP) is 1.25. The Balaban J connectivity index is 2.23. The van der Waals surface area contributed by atoms with Gasteiger partial charge in [0.25, 0.3) is 0 Å². The topological polar surface area (TPSA) is 90.6 Å². The molecule has 1 aromatic carbocycles. The second kappa shape index (κ2) is 6.59. The summed E-state index contributed by atoms with van der Waals surface area (Å²) >= 11 is 4.89. The molecular weight excluding hydrogens is 312 g/mol. The monoisotopic (exact) mass is 330 g/mol. The maximum Gasteiger partial charge on any atom is 0.235 e. The molecule has 1 aromatic rings. The van der Waals surface area contributed by atoms with Gasteiger partial charge in [0.15, 0.2) is 0 Å². The Kier molecular flexibility index (Phi) is 5.02. The number of nitrogens with two attached hydrogens (primary N) is 1. The molecule has 8 heteroatoms. The van der Waals surface area contributed by atoms with E-state index in [1.165, 1.54) is 7.11 Å². The minimum Gasteiger partial charge on any atom is -0.495 e. The van der Waals surface area contributed by atoms with Crippen molar-refractivity contribution in [1.82, 2.24) is 0 Å². The van der Waals surface area contributed by atoms with Crippen molar-refractivity contribution in [3.05, 3.63) is 23.8 Å². The lowest BCUT2D eigenvalue weighted by molar-refractivity contribution is 0.0984. The van der Waals surface area contributed by atoms with Gasteiger partial charge in [0.2, 0.25) is 10.0 Å². The molecule has 0 atom stereocenters. The quantitative estimate of drug-likeness (QED) is 0.790. The van der Waals surface area contributed by atoms with Crippen molar-refractivity contribution in [1.29, 1.82) is 0 Å². The molecule has 3 N–H and O–H groups in total. The molecule has 0 saturated carbocycles. The summed E-state index contributed by atoms with van der Waals surface area (Å²) in [4.78, 5) is 0.229. The highest BCUT2D eigenvalue weighted by Gasteiger charge is 2.28. The van der Waals surface area contributed by atoms with Crippen LogP contribution in [-0.4, -0.2) is 39.0 Å². The molecule has 0 aliphatic carbocycles. The second-order valence-electron chi connectivity index (χ2n) is 4.74. The van der Waals surface area contributed by atoms with Crippen molar-refractivity contribution in [3.8, 4) is 5.75 Å². The Morgan fingerprint density at radius 2 is 2.10 bits per heavy atom. The lowest BCUT2D eigenvalue weighted by Gasteiger charge is -2.23. The SMILES string of the molecule is COc1cc(C(N)=S)ccc1NS(=O)(=O)C1CCOCC1. The highest BCUT2D eigenvalue weighted by molar-refractivity contribution is 7.93. The van der Waals surface area contributed by atoms with Crippen molar-refractivity contribution in [2.45, 2.75) is 18.1 Å². The predicted molar refractivity (Wildman–Crippen MR) is 85.3 cm³/mol. The van der Waals surface area contributed by atoms with E-state index in [1.807, 2.05) is 0 Å². The molecule has 1 saturated heterocycles. The van der Waals surface area contributed by atoms with Gasteiger partial charge in [-0.1, -0.05) is 12.2 Å². The molecule has 0 unspecified atom stereocenters. The summed E-state index contributed by atoms with van der Waals surface area (Å²) in [5.41, 5.74) is 6.55. The molecule has 116 valence electrons. The number of ether oxygens (including phenoxy) is 2. The van der Waals surface area contributed by atoms with Gasteiger partial charge < -0.3 is 15.2 Å². The number of methoxy groups -OCH3 is 1. The fourth-order valence-corrected chi connectivity index (χ4v) is 3.73. The molecule has 1 heterocycles. The van der Waals surface area contributed by atoms with Crippen LogP contribution in [-0.2, 0) is 14.8 Å². The van der Waals surface area contributed by atoms with Crippen LogP contribution in [0.25, 0.3) is 0 Å². The molecule has 0 radical (unpaired) electrons. The Morgan fingerprint density at radius 3 is 2.67 bits per heavy atom. The molecule has 0 spiro atoms. The maximum absolute atomic E-state index is 12.4. The number of thiocarbonyl (C=S) groups is 1. The molecule has 0 bridgehead atoms. The molecule has 1 fully saturated rings. The molecule has 21 heavy (non-hydrogen) atoms. The molecule has 1 aliphatic rings. The van der Waals surface area contributed by atoms with E-state index in [4.69, 9.17) is 27.4 Å². The maximum atomic E-state index is 12.4. The lowest BCUT2D eigenvalue weighted by Crippen LogP contribution is -2.33. The van der Waals surface area contributed by atoms with Crippen LogP contribution >= 0.6 is 12.2 Å². The zero-order valence-electron chi connectivity index (χ0n) is 11.7. The van der Waals surface area contributed by atoms with Crippen LogP contribution in [0.4, 0.5) is 5.69 Å². The average molecular weight is 330 g/mol. The molecule has 6 nitrogen and oxygen atoms in total. The van der Waals surface area contributed by atoms with Gasteiger partial charge >= 0.3 is 0 Å². The van der Waals surface area contributed by atoms with Gasteiger partial charge in [0, 0.05) is 18.8 Å². The molecule has 0 amide bonds. The summed E-state index contributed by atoms with van der Waals surface area (Å²) in [7, 11) is -2.01. The van der Waals surface area contributed by atoms with Crippen molar-refractivity contribution < 1.29 is 17.9 Å². The van der Waals surface area contributed by atoms with Gasteiger partial charge in [0.05, 0.1) is 18.0 Å². The van der Waals surface area contributed by atoms with E-state index in [1.54, 1.807) is 18.2 Å². The van der Waals surface area contributed by atoms with Crippen molar-refractivity contribution in [2.24, 2.45) is 5.73 Å². The number of anilines is 1. The van der Waals surface area contributed by atoms with Crippen LogP contribution in [0.2, 0.25) is 0 Å². The van der Waals surface area contributed by atoms with Crippen molar-refractivity contribution in [2.75, 3.05) is 25.0 Å². The number of hydrogen-bond acceptors (Lipinski definition) is 5. The van der Waals surface area contributed by atoms with E-state index in [2.05, 4.69) is 4.72 Å². The van der Waals surface area contributed by atoms with E-state index in [0.717, 1.165) is 0 Å². The van der Waals surface area contributed by atoms with Gasteiger partial charge in [-0.05, 0) is 31.0 Å². The largest absolute Gasteiger partial charge is 0.495 e. The smallest absolute Gasteiger partial charge is 0.235 e. The highest BCUT2D eigenvalue weighted by Crippen LogP contribution is 2.28. The van der Waals surface area contributed by atoms with Gasteiger partial charge in [-0.2, -0.15) is 0 Å². The van der Waals surface area contributed by atoms with E-state index in [9.17, 15) is 8.42 Å². The van der Waals surface area contributed by atoms with Gasteiger partial charge in [-0.3, -0.25) is 4.72 Å². The second-order valence-corrected chi connectivity index (χ2v) is 7.14. The minimum atomic E-state index is -3.48. The summed E-state index contributed by atoms with van der Waals surface area (Å²) in [5.74, 6) is 0.385. The van der Waals surface area contributed by atoms with Crippen molar-refractivity contribution in [3.63, 3.8) is 0 Å². The zero-order chi connectivity index (χ0) is 15.5. The normalized spacial score (nSPS) is 16.4. The van der Waals surface area contributed by atoms with Crippen LogP contribution in [0.1, 0.15) is 18.4 Å². The number of benzene rings is 1. The fourth-order valence-electron chi connectivity index (χ4n) is 2.15. The molecule has 2 rings (SSSR count). The Bertz CT molecular complexity index is 625. The first-order valence-electron chi connectivity index (χ1n) is 6.51. The number of nitrogens with one attached hydrogen (secondary N) is 1. The first-order valence-corrected chi connectivity index (χ1v) is 8.46. The van der Waals surface area contributed by atoms with Gasteiger partial charge in [-0.15, -0.1) is 0 Å². The molecule has 1 aliphatic heterocycles. The third kappa shape index (κ3) is 3.84. The minimum absolute atomic E-state index is 0.229. The van der Waals surface area contributed by atoms with E-state index in [-0.39, 0.29) is 4.99 Å². The van der Waals surface area contributed by atoms with E-state index in [0.29, 0.717) is 43.1 Å². The standard InChI is InChI=1S/C13H18N2O4S2/c1-18-12-8-9(13(14)20)2-3-11(12)15-21(16,17)10-4-6-19-7-5-10/h2-3,8,10,15H,4-7H2,1H3,(H2,14,20). The third-order valence-electron chi connectivity index (χ3n) is 3.35. The third-order valence-corrected chi connectivity index (χ3v) is 5.43. The number of rotatable bonds is 5. The summed E-state index contributed by atoms with van der Waals surface area (Å²) < 4.78 is 37.7. The van der Waals surface area contributed by atoms with E-state index < -0.39 is 15.3 Å².